The number of piperazine rings is 1. The van der Waals surface area contributed by atoms with E-state index in [1.165, 1.54) is 0 Å². The summed E-state index contributed by atoms with van der Waals surface area (Å²) in [6, 6.07) is -0.129. The molecule has 1 heterocycles. The molecule has 0 saturated carbocycles. The van der Waals surface area contributed by atoms with Crippen LogP contribution in [0.4, 0.5) is 4.79 Å². The van der Waals surface area contributed by atoms with Crippen LogP contribution < -0.4 is 5.32 Å². The van der Waals surface area contributed by atoms with Crippen molar-refractivity contribution in [3.8, 4) is 12.3 Å². The average molecular weight is 239 g/mol. The van der Waals surface area contributed by atoms with Gasteiger partial charge in [0.25, 0.3) is 0 Å². The van der Waals surface area contributed by atoms with Crippen LogP contribution in [0.25, 0.3) is 0 Å². The molecule has 1 fully saturated rings. The normalized spacial score (nSPS) is 16.3. The smallest absolute Gasteiger partial charge is 0.317 e. The predicted molar refractivity (Wildman–Crippen MR) is 62.5 cm³/mol. The van der Waals surface area contributed by atoms with Crippen LogP contribution in [0.5, 0.6) is 0 Å². The molecule has 94 valence electrons. The quantitative estimate of drug-likeness (QED) is 0.508. The van der Waals surface area contributed by atoms with Crippen LogP contribution in [0.1, 0.15) is 6.42 Å². The molecule has 1 rings (SSSR count). The topological polar surface area (TPSA) is 72.9 Å². The molecule has 0 unspecified atom stereocenters. The Hall–Kier alpha value is -1.74. The number of carbonyl (C=O) groups excluding carboxylic acids is 1. The molecular weight excluding hydrogens is 222 g/mol. The van der Waals surface area contributed by atoms with Gasteiger partial charge in [-0.2, -0.15) is 0 Å². The van der Waals surface area contributed by atoms with E-state index in [1.807, 2.05) is 4.90 Å². The first-order valence-electron chi connectivity index (χ1n) is 5.54. The molecule has 0 atom stereocenters. The molecule has 0 spiro atoms. The van der Waals surface area contributed by atoms with Crippen molar-refractivity contribution in [2.45, 2.75) is 6.42 Å². The highest BCUT2D eigenvalue weighted by molar-refractivity contribution is 5.74. The van der Waals surface area contributed by atoms with Crippen molar-refractivity contribution in [1.82, 2.24) is 15.1 Å². The van der Waals surface area contributed by atoms with Gasteiger partial charge in [0.15, 0.2) is 0 Å². The molecule has 0 aliphatic carbocycles. The van der Waals surface area contributed by atoms with E-state index in [0.717, 1.165) is 0 Å². The molecule has 2 N–H and O–H groups in total. The van der Waals surface area contributed by atoms with Crippen molar-refractivity contribution < 1.29 is 14.7 Å². The minimum absolute atomic E-state index is 0.0343. The number of nitrogens with zero attached hydrogens (tertiary/aromatic N) is 2. The van der Waals surface area contributed by atoms with Gasteiger partial charge in [0.05, 0.1) is 6.54 Å². The number of urea groups is 1. The second kappa shape index (κ2) is 6.76. The second-order valence-corrected chi connectivity index (χ2v) is 3.84. The molecule has 0 radical (unpaired) electrons. The minimum atomic E-state index is -0.836. The fourth-order valence-corrected chi connectivity index (χ4v) is 1.65. The SMILES string of the molecule is C#CCCNC(=O)N1CCN(CC(=O)O)CC1. The van der Waals surface area contributed by atoms with Crippen molar-refractivity contribution in [1.29, 1.82) is 0 Å². The molecule has 17 heavy (non-hydrogen) atoms. The number of carbonyl (C=O) groups is 2. The summed E-state index contributed by atoms with van der Waals surface area (Å²) in [4.78, 5) is 25.6. The van der Waals surface area contributed by atoms with Crippen LogP contribution in [-0.2, 0) is 4.79 Å². The largest absolute Gasteiger partial charge is 0.480 e. The van der Waals surface area contributed by atoms with Crippen LogP contribution >= 0.6 is 0 Å². The van der Waals surface area contributed by atoms with Gasteiger partial charge in [0, 0.05) is 39.1 Å². The van der Waals surface area contributed by atoms with Crippen molar-refractivity contribution in [3.05, 3.63) is 0 Å². The number of hydrogen-bond donors (Lipinski definition) is 2. The van der Waals surface area contributed by atoms with Gasteiger partial charge in [-0.25, -0.2) is 4.79 Å². The lowest BCUT2D eigenvalue weighted by Gasteiger charge is -2.33. The van der Waals surface area contributed by atoms with Gasteiger partial charge in [0.2, 0.25) is 0 Å². The lowest BCUT2D eigenvalue weighted by atomic mass is 10.3. The Labute approximate surface area is 101 Å². The van der Waals surface area contributed by atoms with Gasteiger partial charge in [-0.15, -0.1) is 12.3 Å². The molecular formula is C11H17N3O3. The first-order valence-corrected chi connectivity index (χ1v) is 5.54. The van der Waals surface area contributed by atoms with Crippen LogP contribution in [0.2, 0.25) is 0 Å². The van der Waals surface area contributed by atoms with E-state index < -0.39 is 5.97 Å². The van der Waals surface area contributed by atoms with Crippen LogP contribution in [0.15, 0.2) is 0 Å². The molecule has 0 aromatic carbocycles. The third-order valence-corrected chi connectivity index (χ3v) is 2.56. The van der Waals surface area contributed by atoms with Crippen LogP contribution in [-0.4, -0.2) is 66.2 Å². The van der Waals surface area contributed by atoms with Crippen LogP contribution in [0, 0.1) is 12.3 Å². The maximum atomic E-state index is 11.6. The van der Waals surface area contributed by atoms with E-state index in [9.17, 15) is 9.59 Å². The van der Waals surface area contributed by atoms with E-state index in [2.05, 4.69) is 11.2 Å². The average Bonchev–Trinajstić information content (AvgIpc) is 2.29. The Morgan fingerprint density at radius 1 is 1.29 bits per heavy atom. The third-order valence-electron chi connectivity index (χ3n) is 2.56. The zero-order valence-corrected chi connectivity index (χ0v) is 9.69. The lowest BCUT2D eigenvalue weighted by molar-refractivity contribution is -0.138. The molecule has 6 nitrogen and oxygen atoms in total. The van der Waals surface area contributed by atoms with E-state index in [0.29, 0.717) is 39.1 Å². The zero-order chi connectivity index (χ0) is 12.7. The van der Waals surface area contributed by atoms with Gasteiger partial charge in [-0.3, -0.25) is 9.69 Å². The number of amides is 2. The summed E-state index contributed by atoms with van der Waals surface area (Å²) in [5, 5.41) is 11.3. The van der Waals surface area contributed by atoms with Crippen molar-refractivity contribution in [3.63, 3.8) is 0 Å². The Morgan fingerprint density at radius 2 is 1.94 bits per heavy atom. The standard InChI is InChI=1S/C11H17N3O3/c1-2-3-4-12-11(17)14-7-5-13(6-8-14)9-10(15)16/h1H,3-9H2,(H,12,17)(H,15,16). The number of carboxylic acids is 1. The number of nitrogens with one attached hydrogen (secondary N) is 1. The first kappa shape index (κ1) is 13.3. The molecule has 0 bridgehead atoms. The van der Waals surface area contributed by atoms with Gasteiger partial charge >= 0.3 is 12.0 Å². The highest BCUT2D eigenvalue weighted by atomic mass is 16.4. The summed E-state index contributed by atoms with van der Waals surface area (Å²) < 4.78 is 0. The maximum Gasteiger partial charge on any atom is 0.317 e. The van der Waals surface area contributed by atoms with Gasteiger partial charge in [-0.05, 0) is 0 Å². The maximum absolute atomic E-state index is 11.6. The van der Waals surface area contributed by atoms with Crippen LogP contribution in [0.3, 0.4) is 0 Å². The molecule has 6 heteroatoms. The number of terminal acetylenes is 1. The minimum Gasteiger partial charge on any atom is -0.480 e. The fraction of sp³-hybridized carbons (Fsp3) is 0.636. The first-order chi connectivity index (χ1) is 8.13. The summed E-state index contributed by atoms with van der Waals surface area (Å²) in [5.41, 5.74) is 0. The summed E-state index contributed by atoms with van der Waals surface area (Å²) in [6.45, 7) is 2.80. The molecule has 1 saturated heterocycles. The van der Waals surface area contributed by atoms with Crippen molar-refractivity contribution in [2.24, 2.45) is 0 Å². The monoisotopic (exact) mass is 239 g/mol. The molecule has 0 aromatic rings. The molecule has 2 amide bonds. The number of carboxylic acid groups (broad SMARTS) is 1. The Bertz CT molecular complexity index is 316. The Morgan fingerprint density at radius 3 is 2.47 bits per heavy atom. The van der Waals surface area contributed by atoms with Crippen molar-refractivity contribution in [2.75, 3.05) is 39.3 Å². The highest BCUT2D eigenvalue weighted by Gasteiger charge is 2.21. The highest BCUT2D eigenvalue weighted by Crippen LogP contribution is 2.01. The number of rotatable bonds is 4. The molecule has 0 aromatic heterocycles. The summed E-state index contributed by atoms with van der Waals surface area (Å²) in [6.07, 6.45) is 5.60. The Balaban J connectivity index is 2.24. The summed E-state index contributed by atoms with van der Waals surface area (Å²) in [7, 11) is 0. The summed E-state index contributed by atoms with van der Waals surface area (Å²) in [5.74, 6) is 1.61. The predicted octanol–water partition coefficient (Wildman–Crippen LogP) is -0.578. The number of hydrogen-bond acceptors (Lipinski definition) is 3. The van der Waals surface area contributed by atoms with E-state index in [-0.39, 0.29) is 12.6 Å². The van der Waals surface area contributed by atoms with Gasteiger partial charge in [0.1, 0.15) is 0 Å². The number of aliphatic carboxylic acids is 1. The van der Waals surface area contributed by atoms with Gasteiger partial charge in [-0.1, -0.05) is 0 Å². The molecule has 1 aliphatic rings. The molecule has 1 aliphatic heterocycles. The van der Waals surface area contributed by atoms with E-state index >= 15 is 0 Å². The van der Waals surface area contributed by atoms with E-state index in [1.54, 1.807) is 4.90 Å². The van der Waals surface area contributed by atoms with Crippen molar-refractivity contribution >= 4 is 12.0 Å². The fourth-order valence-electron chi connectivity index (χ4n) is 1.65. The zero-order valence-electron chi connectivity index (χ0n) is 9.69. The van der Waals surface area contributed by atoms with Gasteiger partial charge < -0.3 is 15.3 Å². The third kappa shape index (κ3) is 4.74. The Kier molecular flexibility index (Phi) is 5.30. The summed E-state index contributed by atoms with van der Waals surface area (Å²) >= 11 is 0. The second-order valence-electron chi connectivity index (χ2n) is 3.84. The lowest BCUT2D eigenvalue weighted by Crippen LogP contribution is -2.52. The van der Waals surface area contributed by atoms with E-state index in [4.69, 9.17) is 11.5 Å².